The van der Waals surface area contributed by atoms with Crippen molar-refractivity contribution in [3.63, 3.8) is 0 Å². The highest BCUT2D eigenvalue weighted by Gasteiger charge is 2.19. The van der Waals surface area contributed by atoms with E-state index >= 15 is 0 Å². The van der Waals surface area contributed by atoms with Gasteiger partial charge in [-0.05, 0) is 6.42 Å². The number of anilines is 1. The molecule has 0 bridgehead atoms. The number of carbonyl (C=O) groups excluding carboxylic acids is 1. The summed E-state index contributed by atoms with van der Waals surface area (Å²) in [6.45, 7) is 4.00. The summed E-state index contributed by atoms with van der Waals surface area (Å²) in [6.07, 6.45) is 1.84. The van der Waals surface area contributed by atoms with Crippen LogP contribution in [0.3, 0.4) is 0 Å². The Kier molecular flexibility index (Phi) is 4.25. The van der Waals surface area contributed by atoms with Gasteiger partial charge in [0.1, 0.15) is 0 Å². The monoisotopic (exact) mass is 293 g/mol. The molecule has 2 aromatic heterocycles. The number of methoxy groups -OCH3 is 1. The maximum Gasteiger partial charge on any atom is 0.330 e. The summed E-state index contributed by atoms with van der Waals surface area (Å²) in [4.78, 5) is 31.8. The van der Waals surface area contributed by atoms with Crippen molar-refractivity contribution in [2.45, 2.75) is 33.2 Å². The number of rotatable bonds is 5. The molecule has 21 heavy (non-hydrogen) atoms. The molecule has 0 unspecified atom stereocenters. The summed E-state index contributed by atoms with van der Waals surface area (Å²) in [5.74, 6) is 0.111. The third-order valence-electron chi connectivity index (χ3n) is 3.16. The molecule has 2 rings (SSSR count). The molecule has 8 nitrogen and oxygen atoms in total. The molecule has 114 valence electrons. The van der Waals surface area contributed by atoms with Crippen molar-refractivity contribution in [1.82, 2.24) is 19.1 Å². The predicted molar refractivity (Wildman–Crippen MR) is 78.5 cm³/mol. The fourth-order valence-electron chi connectivity index (χ4n) is 2.14. The first-order chi connectivity index (χ1) is 9.99. The first-order valence-corrected chi connectivity index (χ1v) is 6.78. The van der Waals surface area contributed by atoms with Gasteiger partial charge in [-0.15, -0.1) is 0 Å². The Balaban J connectivity index is 2.69. The van der Waals surface area contributed by atoms with Gasteiger partial charge in [0.25, 0.3) is 0 Å². The van der Waals surface area contributed by atoms with E-state index in [1.165, 1.54) is 18.6 Å². The molecule has 0 aliphatic carbocycles. The lowest BCUT2D eigenvalue weighted by Crippen LogP contribution is -2.22. The Morgan fingerprint density at radius 1 is 1.38 bits per heavy atom. The number of ether oxygens (including phenoxy) is 1. The van der Waals surface area contributed by atoms with Crippen LogP contribution in [-0.4, -0.2) is 32.1 Å². The lowest BCUT2D eigenvalue weighted by molar-refractivity contribution is -0.114. The van der Waals surface area contributed by atoms with E-state index in [4.69, 9.17) is 4.74 Å². The molecule has 0 spiro atoms. The molecular weight excluding hydrogens is 274 g/mol. The summed E-state index contributed by atoms with van der Waals surface area (Å²) in [5, 5.41) is 2.50. The third kappa shape index (κ3) is 2.74. The number of unbranched alkanes of at least 4 members (excludes halogenated alkanes) is 1. The SMILES string of the molecule is CCCCn1c(=O)n(C)c2nc(NC(C)=O)nc(OC)c21. The molecule has 0 atom stereocenters. The Morgan fingerprint density at radius 3 is 2.67 bits per heavy atom. The normalized spacial score (nSPS) is 10.9. The van der Waals surface area contributed by atoms with E-state index in [-0.39, 0.29) is 23.4 Å². The lowest BCUT2D eigenvalue weighted by Gasteiger charge is -2.07. The number of nitrogens with zero attached hydrogens (tertiary/aromatic N) is 4. The molecule has 2 heterocycles. The molecule has 0 saturated heterocycles. The standard InChI is InChI=1S/C13H19N5O3/c1-5-6-7-18-9-10(17(3)13(18)20)15-12(14-8(2)19)16-11(9)21-4/h5-7H2,1-4H3,(H,14,15,16,19). The van der Waals surface area contributed by atoms with E-state index in [1.807, 2.05) is 0 Å². The largest absolute Gasteiger partial charge is 0.479 e. The number of aromatic nitrogens is 4. The van der Waals surface area contributed by atoms with Gasteiger partial charge < -0.3 is 4.74 Å². The maximum absolute atomic E-state index is 12.3. The minimum absolute atomic E-state index is 0.120. The maximum atomic E-state index is 12.3. The molecule has 8 heteroatoms. The third-order valence-corrected chi connectivity index (χ3v) is 3.16. The fraction of sp³-hybridized carbons (Fsp3) is 0.538. The van der Waals surface area contributed by atoms with Gasteiger partial charge >= 0.3 is 5.69 Å². The van der Waals surface area contributed by atoms with Crippen LogP contribution < -0.4 is 15.7 Å². The van der Waals surface area contributed by atoms with E-state index in [2.05, 4.69) is 22.2 Å². The number of hydrogen-bond donors (Lipinski definition) is 1. The molecule has 0 aliphatic rings. The highest BCUT2D eigenvalue weighted by atomic mass is 16.5. The van der Waals surface area contributed by atoms with Gasteiger partial charge in [-0.1, -0.05) is 13.3 Å². The van der Waals surface area contributed by atoms with Crippen molar-refractivity contribution in [3.8, 4) is 5.88 Å². The second-order valence-corrected chi connectivity index (χ2v) is 4.76. The van der Waals surface area contributed by atoms with Crippen molar-refractivity contribution in [2.75, 3.05) is 12.4 Å². The molecule has 1 amide bonds. The van der Waals surface area contributed by atoms with Crippen LogP contribution in [0.4, 0.5) is 5.95 Å². The summed E-state index contributed by atoms with van der Waals surface area (Å²) in [5.41, 5.74) is 0.810. The number of imidazole rings is 1. The van der Waals surface area contributed by atoms with Crippen LogP contribution in [0.1, 0.15) is 26.7 Å². The Hall–Kier alpha value is -2.38. The molecule has 0 aromatic carbocycles. The highest BCUT2D eigenvalue weighted by Crippen LogP contribution is 2.23. The predicted octanol–water partition coefficient (Wildman–Crippen LogP) is 0.897. The molecular formula is C13H19N5O3. The minimum atomic E-state index is -0.285. The fourth-order valence-corrected chi connectivity index (χ4v) is 2.14. The van der Waals surface area contributed by atoms with Gasteiger partial charge in [0.2, 0.25) is 17.7 Å². The van der Waals surface area contributed by atoms with E-state index < -0.39 is 0 Å². The van der Waals surface area contributed by atoms with Gasteiger partial charge in [0.05, 0.1) is 7.11 Å². The smallest absolute Gasteiger partial charge is 0.330 e. The molecule has 0 fully saturated rings. The zero-order valence-corrected chi connectivity index (χ0v) is 12.6. The van der Waals surface area contributed by atoms with Crippen molar-refractivity contribution in [1.29, 1.82) is 0 Å². The summed E-state index contributed by atoms with van der Waals surface area (Å²) in [7, 11) is 3.11. The van der Waals surface area contributed by atoms with Crippen LogP contribution in [0.15, 0.2) is 4.79 Å². The first-order valence-electron chi connectivity index (χ1n) is 6.78. The Labute approximate surface area is 121 Å². The number of aryl methyl sites for hydroxylation is 2. The number of fused-ring (bicyclic) bond motifs is 1. The number of nitrogens with one attached hydrogen (secondary N) is 1. The lowest BCUT2D eigenvalue weighted by atomic mass is 10.3. The summed E-state index contributed by atoms with van der Waals surface area (Å²) in [6, 6.07) is 0. The molecule has 1 N–H and O–H groups in total. The van der Waals surface area contributed by atoms with E-state index in [0.29, 0.717) is 17.7 Å². The van der Waals surface area contributed by atoms with Gasteiger partial charge in [-0.2, -0.15) is 9.97 Å². The summed E-state index contributed by atoms with van der Waals surface area (Å²) >= 11 is 0. The van der Waals surface area contributed by atoms with Crippen molar-refractivity contribution in [3.05, 3.63) is 10.5 Å². The van der Waals surface area contributed by atoms with E-state index in [1.54, 1.807) is 11.6 Å². The molecule has 0 radical (unpaired) electrons. The van der Waals surface area contributed by atoms with Gasteiger partial charge in [0.15, 0.2) is 11.2 Å². The van der Waals surface area contributed by atoms with Gasteiger partial charge in [-0.3, -0.25) is 19.2 Å². The van der Waals surface area contributed by atoms with Crippen LogP contribution in [-0.2, 0) is 18.4 Å². The second kappa shape index (κ2) is 5.94. The van der Waals surface area contributed by atoms with Crippen LogP contribution in [0.2, 0.25) is 0 Å². The minimum Gasteiger partial charge on any atom is -0.479 e. The van der Waals surface area contributed by atoms with Crippen LogP contribution >= 0.6 is 0 Å². The van der Waals surface area contributed by atoms with Crippen LogP contribution in [0.5, 0.6) is 5.88 Å². The van der Waals surface area contributed by atoms with Crippen molar-refractivity contribution >= 4 is 23.0 Å². The quantitative estimate of drug-likeness (QED) is 0.884. The topological polar surface area (TPSA) is 91.0 Å². The Bertz CT molecular complexity index is 731. The molecule has 0 saturated carbocycles. The molecule has 0 aliphatic heterocycles. The number of carbonyl (C=O) groups is 1. The molecule has 2 aromatic rings. The second-order valence-electron chi connectivity index (χ2n) is 4.76. The summed E-state index contributed by atoms with van der Waals surface area (Å²) < 4.78 is 8.30. The van der Waals surface area contributed by atoms with E-state index in [0.717, 1.165) is 12.8 Å². The Morgan fingerprint density at radius 2 is 2.10 bits per heavy atom. The van der Waals surface area contributed by atoms with Gasteiger partial charge in [0, 0.05) is 20.5 Å². The number of amides is 1. The average Bonchev–Trinajstić information content (AvgIpc) is 2.68. The van der Waals surface area contributed by atoms with E-state index in [9.17, 15) is 9.59 Å². The zero-order valence-electron chi connectivity index (χ0n) is 12.6. The van der Waals surface area contributed by atoms with Crippen LogP contribution in [0, 0.1) is 0 Å². The average molecular weight is 293 g/mol. The first kappa shape index (κ1) is 15.0. The van der Waals surface area contributed by atoms with Crippen molar-refractivity contribution < 1.29 is 9.53 Å². The van der Waals surface area contributed by atoms with Crippen molar-refractivity contribution in [2.24, 2.45) is 7.05 Å². The van der Waals surface area contributed by atoms with Crippen LogP contribution in [0.25, 0.3) is 11.2 Å². The number of hydrogen-bond acceptors (Lipinski definition) is 5. The zero-order chi connectivity index (χ0) is 15.6. The highest BCUT2D eigenvalue weighted by molar-refractivity contribution is 5.88. The van der Waals surface area contributed by atoms with Gasteiger partial charge in [-0.25, -0.2) is 4.79 Å².